The van der Waals surface area contributed by atoms with Crippen molar-refractivity contribution in [2.45, 2.75) is 13.2 Å². The van der Waals surface area contributed by atoms with Crippen LogP contribution in [-0.2, 0) is 27.9 Å². The van der Waals surface area contributed by atoms with E-state index in [4.69, 9.17) is 14.7 Å². The van der Waals surface area contributed by atoms with Crippen LogP contribution in [0.2, 0.25) is 0 Å². The van der Waals surface area contributed by atoms with Crippen molar-refractivity contribution in [1.29, 1.82) is 0 Å². The van der Waals surface area contributed by atoms with E-state index >= 15 is 0 Å². The van der Waals surface area contributed by atoms with Crippen molar-refractivity contribution < 1.29 is 18.3 Å². The molecule has 0 aliphatic carbocycles. The van der Waals surface area contributed by atoms with Gasteiger partial charge in [-0.25, -0.2) is 18.4 Å². The highest BCUT2D eigenvalue weighted by atomic mass is 32.2. The van der Waals surface area contributed by atoms with E-state index in [1.54, 1.807) is 23.7 Å². The summed E-state index contributed by atoms with van der Waals surface area (Å²) in [6.45, 7) is 5.93. The molecule has 0 amide bonds. The maximum atomic E-state index is 11.8. The molecule has 2 aliphatic heterocycles. The first-order chi connectivity index (χ1) is 16.4. The summed E-state index contributed by atoms with van der Waals surface area (Å²) in [4.78, 5) is 20.6. The largest absolute Gasteiger partial charge is 0.392 e. The van der Waals surface area contributed by atoms with E-state index in [1.165, 1.54) is 15.4 Å². The minimum absolute atomic E-state index is 0.0881. The minimum Gasteiger partial charge on any atom is -0.392 e. The number of rotatable bonds is 6. The second kappa shape index (κ2) is 9.80. The van der Waals surface area contributed by atoms with Crippen molar-refractivity contribution >= 4 is 37.4 Å². The molecule has 12 heteroatoms. The standard InChI is InChI=1S/C22H28N6O4S2/c1-34(30,31)28-4-2-26(3-5-28)14-18-11-19-21(27-6-8-32-9-7-27)24-20(25-22(19)33-18)17-10-16(15-29)12-23-13-17/h10-13,29H,2-9,14-15H2,1H3. The molecule has 2 saturated heterocycles. The molecule has 0 saturated carbocycles. The first-order valence-electron chi connectivity index (χ1n) is 11.3. The summed E-state index contributed by atoms with van der Waals surface area (Å²) in [6.07, 6.45) is 4.63. The van der Waals surface area contributed by atoms with Crippen molar-refractivity contribution in [3.8, 4) is 11.4 Å². The van der Waals surface area contributed by atoms with Gasteiger partial charge >= 0.3 is 0 Å². The smallest absolute Gasteiger partial charge is 0.211 e. The highest BCUT2D eigenvalue weighted by Crippen LogP contribution is 2.34. The Hall–Kier alpha value is -2.22. The quantitative estimate of drug-likeness (QED) is 0.528. The van der Waals surface area contributed by atoms with E-state index < -0.39 is 10.0 Å². The monoisotopic (exact) mass is 504 g/mol. The third kappa shape index (κ3) is 5.07. The SMILES string of the molecule is CS(=O)(=O)N1CCN(Cc2cc3c(N4CCOCC4)nc(-c4cncc(CO)c4)nc3s2)CC1. The third-order valence-corrected chi connectivity index (χ3v) is 8.47. The number of morpholine rings is 1. The lowest BCUT2D eigenvalue weighted by molar-refractivity contribution is 0.122. The van der Waals surface area contributed by atoms with Gasteiger partial charge < -0.3 is 14.7 Å². The summed E-state index contributed by atoms with van der Waals surface area (Å²) in [5.74, 6) is 1.48. The molecule has 0 atom stereocenters. The van der Waals surface area contributed by atoms with Gasteiger partial charge in [-0.15, -0.1) is 11.3 Å². The molecule has 2 aliphatic rings. The van der Waals surface area contributed by atoms with Crippen LogP contribution in [0, 0.1) is 0 Å². The first kappa shape index (κ1) is 23.5. The van der Waals surface area contributed by atoms with Gasteiger partial charge in [0.05, 0.1) is 31.5 Å². The number of pyridine rings is 1. The summed E-state index contributed by atoms with van der Waals surface area (Å²) in [7, 11) is -3.14. The number of hydrogen-bond acceptors (Lipinski definition) is 10. The molecule has 10 nitrogen and oxygen atoms in total. The molecule has 2 fully saturated rings. The van der Waals surface area contributed by atoms with Gasteiger partial charge in [-0.05, 0) is 17.7 Å². The molecule has 3 aromatic rings. The van der Waals surface area contributed by atoms with E-state index in [1.807, 2.05) is 6.07 Å². The fourth-order valence-electron chi connectivity index (χ4n) is 4.32. The summed E-state index contributed by atoms with van der Waals surface area (Å²) >= 11 is 1.64. The topological polar surface area (TPSA) is 112 Å². The maximum absolute atomic E-state index is 11.8. The summed E-state index contributed by atoms with van der Waals surface area (Å²) < 4.78 is 30.7. The van der Waals surface area contributed by atoms with Crippen LogP contribution in [0.15, 0.2) is 24.5 Å². The lowest BCUT2D eigenvalue weighted by atomic mass is 10.2. The van der Waals surface area contributed by atoms with Gasteiger partial charge in [-0.1, -0.05) is 0 Å². The highest BCUT2D eigenvalue weighted by molar-refractivity contribution is 7.88. The number of sulfonamides is 1. The Kier molecular flexibility index (Phi) is 6.78. The molecule has 0 bridgehead atoms. The van der Waals surface area contributed by atoms with E-state index in [2.05, 4.69) is 20.9 Å². The Balaban J connectivity index is 1.46. The number of anilines is 1. The number of piperazine rings is 1. The number of aliphatic hydroxyl groups is 1. The van der Waals surface area contributed by atoms with E-state index in [-0.39, 0.29) is 6.61 Å². The van der Waals surface area contributed by atoms with Crippen LogP contribution >= 0.6 is 11.3 Å². The van der Waals surface area contributed by atoms with Gasteiger partial charge in [0, 0.05) is 68.6 Å². The van der Waals surface area contributed by atoms with Crippen molar-refractivity contribution in [1.82, 2.24) is 24.2 Å². The lowest BCUT2D eigenvalue weighted by Gasteiger charge is -2.32. The number of thiophene rings is 1. The number of aliphatic hydroxyl groups excluding tert-OH is 1. The van der Waals surface area contributed by atoms with Crippen LogP contribution in [0.1, 0.15) is 10.4 Å². The van der Waals surface area contributed by atoms with Crippen LogP contribution in [0.25, 0.3) is 21.6 Å². The predicted octanol–water partition coefficient (Wildman–Crippen LogP) is 1.16. The van der Waals surface area contributed by atoms with Crippen LogP contribution in [0.5, 0.6) is 0 Å². The van der Waals surface area contributed by atoms with Gasteiger partial charge in [0.15, 0.2) is 5.82 Å². The second-order valence-corrected chi connectivity index (χ2v) is 11.7. The van der Waals surface area contributed by atoms with Gasteiger partial charge in [0.2, 0.25) is 10.0 Å². The zero-order valence-corrected chi connectivity index (χ0v) is 20.7. The van der Waals surface area contributed by atoms with Crippen molar-refractivity contribution in [2.75, 3.05) is 63.6 Å². The second-order valence-electron chi connectivity index (χ2n) is 8.58. The van der Waals surface area contributed by atoms with Gasteiger partial charge in [0.1, 0.15) is 10.6 Å². The fourth-order valence-corrected chi connectivity index (χ4v) is 6.21. The van der Waals surface area contributed by atoms with E-state index in [0.717, 1.165) is 41.2 Å². The zero-order valence-electron chi connectivity index (χ0n) is 19.1. The summed E-state index contributed by atoms with van der Waals surface area (Å²) in [5, 5.41) is 10.5. The molecule has 3 aromatic heterocycles. The Bertz CT molecular complexity index is 1270. The van der Waals surface area contributed by atoms with Gasteiger partial charge in [0.25, 0.3) is 0 Å². The number of aromatic nitrogens is 3. The Morgan fingerprint density at radius 2 is 1.82 bits per heavy atom. The van der Waals surface area contributed by atoms with Gasteiger partial charge in [-0.2, -0.15) is 4.31 Å². The molecule has 0 radical (unpaired) electrons. The first-order valence-corrected chi connectivity index (χ1v) is 13.9. The zero-order chi connectivity index (χ0) is 23.7. The molecule has 182 valence electrons. The summed E-state index contributed by atoms with van der Waals surface area (Å²) in [6, 6.07) is 4.03. The van der Waals surface area contributed by atoms with Crippen LogP contribution in [-0.4, -0.2) is 96.4 Å². The van der Waals surface area contributed by atoms with Crippen molar-refractivity contribution in [2.24, 2.45) is 0 Å². The Labute approximate surface area is 202 Å². The number of ether oxygens (including phenoxy) is 1. The third-order valence-electron chi connectivity index (χ3n) is 6.15. The molecule has 1 N–H and O–H groups in total. The highest BCUT2D eigenvalue weighted by Gasteiger charge is 2.25. The molecule has 0 unspecified atom stereocenters. The summed E-state index contributed by atoms with van der Waals surface area (Å²) in [5.41, 5.74) is 1.49. The molecule has 5 rings (SSSR count). The average Bonchev–Trinajstić information content (AvgIpc) is 3.26. The minimum atomic E-state index is -3.14. The van der Waals surface area contributed by atoms with Crippen LogP contribution in [0.4, 0.5) is 5.82 Å². The number of hydrogen-bond donors (Lipinski definition) is 1. The molecule has 5 heterocycles. The molecular weight excluding hydrogens is 476 g/mol. The van der Waals surface area contributed by atoms with E-state index in [9.17, 15) is 13.5 Å². The Morgan fingerprint density at radius 1 is 1.06 bits per heavy atom. The molecular formula is C22H28N6O4S2. The number of nitrogens with zero attached hydrogens (tertiary/aromatic N) is 6. The molecule has 0 aromatic carbocycles. The van der Waals surface area contributed by atoms with Gasteiger partial charge in [-0.3, -0.25) is 9.88 Å². The lowest BCUT2D eigenvalue weighted by Crippen LogP contribution is -2.47. The average molecular weight is 505 g/mol. The number of fused-ring (bicyclic) bond motifs is 1. The molecule has 0 spiro atoms. The van der Waals surface area contributed by atoms with Crippen LogP contribution in [0.3, 0.4) is 0 Å². The van der Waals surface area contributed by atoms with Crippen molar-refractivity contribution in [3.05, 3.63) is 35.0 Å². The fraction of sp³-hybridized carbons (Fsp3) is 0.500. The Morgan fingerprint density at radius 3 is 2.53 bits per heavy atom. The molecule has 34 heavy (non-hydrogen) atoms. The predicted molar refractivity (Wildman–Crippen MR) is 131 cm³/mol. The maximum Gasteiger partial charge on any atom is 0.211 e. The van der Waals surface area contributed by atoms with E-state index in [0.29, 0.717) is 50.8 Å². The normalized spacial score (nSPS) is 18.6. The van der Waals surface area contributed by atoms with Crippen molar-refractivity contribution in [3.63, 3.8) is 0 Å². The van der Waals surface area contributed by atoms with Crippen LogP contribution < -0.4 is 4.90 Å².